The molecule has 174 valence electrons. The van der Waals surface area contributed by atoms with E-state index in [0.717, 1.165) is 12.3 Å². The van der Waals surface area contributed by atoms with Gasteiger partial charge in [-0.1, -0.05) is 11.6 Å². The quantitative estimate of drug-likeness (QED) is 0.496. The number of amides is 2. The van der Waals surface area contributed by atoms with Crippen LogP contribution in [0.25, 0.3) is 0 Å². The minimum Gasteiger partial charge on any atom is -0.443 e. The summed E-state index contributed by atoms with van der Waals surface area (Å²) in [5, 5.41) is -0.0377. The molecule has 0 spiro atoms. The Kier molecular flexibility index (Phi) is 8.41. The average Bonchev–Trinajstić information content (AvgIpc) is 2.52. The highest BCUT2D eigenvalue weighted by Crippen LogP contribution is 2.30. The van der Waals surface area contributed by atoms with Gasteiger partial charge in [-0.05, 0) is 74.4 Å². The number of rotatable bonds is 3. The number of hydrogen-bond donors (Lipinski definition) is 0. The Balaban J connectivity index is 3.55. The van der Waals surface area contributed by atoms with E-state index in [2.05, 4.69) is 4.40 Å². The molecule has 0 heterocycles. The maximum atomic E-state index is 15.4. The van der Waals surface area contributed by atoms with Gasteiger partial charge >= 0.3 is 12.2 Å². The Bertz CT molecular complexity index is 871. The van der Waals surface area contributed by atoms with Crippen molar-refractivity contribution in [1.29, 1.82) is 0 Å². The summed E-state index contributed by atoms with van der Waals surface area (Å²) in [6, 6.07) is 2.45. The Morgan fingerprint density at radius 2 is 1.45 bits per heavy atom. The topological polar surface area (TPSA) is 85.3 Å². The van der Waals surface area contributed by atoms with E-state index in [1.54, 1.807) is 62.3 Å². The zero-order valence-corrected chi connectivity index (χ0v) is 20.9. The van der Waals surface area contributed by atoms with Gasteiger partial charge in [0.25, 0.3) is 0 Å². The molecule has 0 radical (unpaired) electrons. The fraction of sp³-hybridized carbons (Fsp3) is 0.571. The van der Waals surface area contributed by atoms with Crippen molar-refractivity contribution < 1.29 is 27.7 Å². The maximum absolute atomic E-state index is 15.4. The molecule has 0 aliphatic heterocycles. The second-order valence-corrected chi connectivity index (χ2v) is 12.0. The lowest BCUT2D eigenvalue weighted by atomic mass is 10.1. The Morgan fingerprint density at radius 1 is 1.00 bits per heavy atom. The van der Waals surface area contributed by atoms with Gasteiger partial charge in [0, 0.05) is 6.21 Å². The summed E-state index contributed by atoms with van der Waals surface area (Å²) < 4.78 is 41.3. The third-order valence-corrected chi connectivity index (χ3v) is 4.97. The predicted octanol–water partition coefficient (Wildman–Crippen LogP) is 6.04. The summed E-state index contributed by atoms with van der Waals surface area (Å²) in [6.07, 6.45) is -1.22. The molecule has 31 heavy (non-hydrogen) atoms. The molecule has 0 saturated carbocycles. The van der Waals surface area contributed by atoms with Crippen LogP contribution in [-0.2, 0) is 20.5 Å². The number of carbonyl (C=O) groups excluding carboxylic acids is 2. The Hall–Kier alpha value is -2.00. The van der Waals surface area contributed by atoms with Crippen molar-refractivity contribution in [2.45, 2.75) is 78.3 Å². The first-order chi connectivity index (χ1) is 13.8. The number of carbonyl (C=O) groups is 2. The molecule has 7 nitrogen and oxygen atoms in total. The van der Waals surface area contributed by atoms with E-state index in [0.29, 0.717) is 4.90 Å². The molecular formula is C21H30ClFN2O5S. The van der Waals surface area contributed by atoms with E-state index in [9.17, 15) is 13.8 Å². The van der Waals surface area contributed by atoms with Crippen LogP contribution in [0.4, 0.5) is 19.7 Å². The molecule has 2 amide bonds. The second kappa shape index (κ2) is 9.65. The molecule has 10 heteroatoms. The molecule has 0 aromatic heterocycles. The van der Waals surface area contributed by atoms with E-state index in [1.165, 1.54) is 6.07 Å². The number of hydrogen-bond acceptors (Lipinski definition) is 5. The van der Waals surface area contributed by atoms with Crippen molar-refractivity contribution in [2.75, 3.05) is 4.90 Å². The molecule has 0 aliphatic rings. The lowest BCUT2D eigenvalue weighted by molar-refractivity contribution is 0.0429. The molecule has 0 bridgehead atoms. The summed E-state index contributed by atoms with van der Waals surface area (Å²) in [6.45, 7) is 14.8. The van der Waals surface area contributed by atoms with Gasteiger partial charge in [0.2, 0.25) is 0 Å². The van der Waals surface area contributed by atoms with Crippen LogP contribution < -0.4 is 4.90 Å². The van der Waals surface area contributed by atoms with Gasteiger partial charge in [0.1, 0.15) is 22.2 Å². The van der Waals surface area contributed by atoms with Crippen molar-refractivity contribution in [2.24, 2.45) is 4.40 Å². The lowest BCUT2D eigenvalue weighted by Crippen LogP contribution is -2.44. The third-order valence-electron chi connectivity index (χ3n) is 3.30. The minimum atomic E-state index is -1.67. The minimum absolute atomic E-state index is 0.0377. The molecule has 0 fully saturated rings. The highest BCUT2D eigenvalue weighted by molar-refractivity contribution is 7.85. The van der Waals surface area contributed by atoms with Gasteiger partial charge in [0.15, 0.2) is 5.82 Å². The molecular weight excluding hydrogens is 447 g/mol. The Morgan fingerprint density at radius 3 is 1.84 bits per heavy atom. The van der Waals surface area contributed by atoms with E-state index < -0.39 is 50.6 Å². The van der Waals surface area contributed by atoms with E-state index >= 15 is 4.39 Å². The fourth-order valence-electron chi connectivity index (χ4n) is 1.99. The molecule has 1 aromatic carbocycles. The number of halogens is 2. The van der Waals surface area contributed by atoms with Crippen molar-refractivity contribution in [1.82, 2.24) is 0 Å². The first-order valence-corrected chi connectivity index (χ1v) is 11.0. The molecule has 1 atom stereocenters. The van der Waals surface area contributed by atoms with Crippen molar-refractivity contribution in [3.63, 3.8) is 0 Å². The molecule has 0 N–H and O–H groups in total. The van der Waals surface area contributed by atoms with Crippen LogP contribution in [0.1, 0.15) is 67.9 Å². The molecule has 0 saturated heterocycles. The number of nitrogens with zero attached hydrogens (tertiary/aromatic N) is 2. The smallest absolute Gasteiger partial charge is 0.424 e. The van der Waals surface area contributed by atoms with Crippen LogP contribution in [0, 0.1) is 5.82 Å². The van der Waals surface area contributed by atoms with Crippen LogP contribution in [0.3, 0.4) is 0 Å². The van der Waals surface area contributed by atoms with Crippen LogP contribution in [0.5, 0.6) is 0 Å². The fourth-order valence-corrected chi connectivity index (χ4v) is 2.71. The maximum Gasteiger partial charge on any atom is 0.424 e. The number of imide groups is 1. The van der Waals surface area contributed by atoms with Gasteiger partial charge in [-0.2, -0.15) is 9.30 Å². The van der Waals surface area contributed by atoms with Crippen molar-refractivity contribution >= 4 is 46.7 Å². The van der Waals surface area contributed by atoms with Crippen LogP contribution >= 0.6 is 11.6 Å². The van der Waals surface area contributed by atoms with Crippen LogP contribution in [-0.4, -0.2) is 38.6 Å². The number of anilines is 1. The average molecular weight is 477 g/mol. The predicted molar refractivity (Wildman–Crippen MR) is 122 cm³/mol. The zero-order valence-electron chi connectivity index (χ0n) is 19.3. The third kappa shape index (κ3) is 8.22. The van der Waals surface area contributed by atoms with Crippen molar-refractivity contribution in [3.8, 4) is 0 Å². The first-order valence-electron chi connectivity index (χ1n) is 9.53. The molecule has 1 aromatic rings. The number of ether oxygens (including phenoxy) is 2. The normalized spacial score (nSPS) is 13.8. The van der Waals surface area contributed by atoms with E-state index in [4.69, 9.17) is 21.1 Å². The van der Waals surface area contributed by atoms with Gasteiger partial charge in [-0.15, -0.1) is 0 Å². The summed E-state index contributed by atoms with van der Waals surface area (Å²) >= 11 is 6.09. The van der Waals surface area contributed by atoms with E-state index in [1.807, 2.05) is 0 Å². The molecule has 1 rings (SSSR count). The zero-order chi connectivity index (χ0) is 24.4. The highest BCUT2D eigenvalue weighted by atomic mass is 35.5. The largest absolute Gasteiger partial charge is 0.443 e. The van der Waals surface area contributed by atoms with Gasteiger partial charge in [0.05, 0.1) is 21.0 Å². The lowest BCUT2D eigenvalue weighted by Gasteiger charge is -2.29. The monoisotopic (exact) mass is 476 g/mol. The first kappa shape index (κ1) is 27.0. The Labute approximate surface area is 190 Å². The number of benzene rings is 1. The van der Waals surface area contributed by atoms with Crippen LogP contribution in [0.15, 0.2) is 16.5 Å². The van der Waals surface area contributed by atoms with Gasteiger partial charge < -0.3 is 9.47 Å². The highest BCUT2D eigenvalue weighted by Gasteiger charge is 2.35. The van der Waals surface area contributed by atoms with Gasteiger partial charge in [-0.25, -0.2) is 18.2 Å². The van der Waals surface area contributed by atoms with Crippen LogP contribution in [0.2, 0.25) is 5.02 Å². The summed E-state index contributed by atoms with van der Waals surface area (Å²) in [5.74, 6) is -1.01. The van der Waals surface area contributed by atoms with Gasteiger partial charge in [-0.3, -0.25) is 0 Å². The summed E-state index contributed by atoms with van der Waals surface area (Å²) in [5.41, 5.74) is -2.56. The standard InChI is InChI=1S/C21H30ClFN2O5S/c1-19(2,3)29-17(26)25(18(27)30-20(4,5)6)15-11-10-14(22)13(16(15)23)12-24-31(28)21(7,8)9/h10-12H,1-9H3/t31-/m0/s1. The SMILES string of the molecule is CC(C)(C)OC(=O)N(C(=O)OC(C)(C)C)c1ccc(Cl)c(C=N[S@@](=O)C(C)(C)C)c1F. The summed E-state index contributed by atoms with van der Waals surface area (Å²) in [7, 11) is -1.67. The molecule has 0 unspecified atom stereocenters. The van der Waals surface area contributed by atoms with Crippen molar-refractivity contribution in [3.05, 3.63) is 28.5 Å². The van der Waals surface area contributed by atoms with E-state index in [-0.39, 0.29) is 10.6 Å². The second-order valence-electron chi connectivity index (χ2n) is 9.69. The summed E-state index contributed by atoms with van der Waals surface area (Å²) in [4.78, 5) is 26.0. The molecule has 0 aliphatic carbocycles.